The monoisotopic (exact) mass is 252 g/mol. The Hall–Kier alpha value is -0.380. The largest absolute Gasteiger partial charge is 0.312 e. The summed E-state index contributed by atoms with van der Waals surface area (Å²) in [6, 6.07) is 4.32. The maximum absolute atomic E-state index is 3.52. The summed E-state index contributed by atoms with van der Waals surface area (Å²) in [5.41, 5.74) is 0. The smallest absolute Gasteiger partial charge is 0.0299 e. The van der Waals surface area contributed by atoms with Gasteiger partial charge in [0.2, 0.25) is 0 Å². The third kappa shape index (κ3) is 4.78. The van der Waals surface area contributed by atoms with Crippen LogP contribution in [0.3, 0.4) is 0 Å². The Bertz CT molecular complexity index is 289. The van der Waals surface area contributed by atoms with Gasteiger partial charge < -0.3 is 10.2 Å². The van der Waals surface area contributed by atoms with E-state index in [2.05, 4.69) is 34.7 Å². The number of piperidine rings is 1. The summed E-state index contributed by atoms with van der Waals surface area (Å²) >= 11 is 1.84. The molecule has 96 valence electrons. The third-order valence-corrected chi connectivity index (χ3v) is 4.46. The topological polar surface area (TPSA) is 15.3 Å². The molecule has 1 fully saturated rings. The molecule has 1 aliphatic heterocycles. The average Bonchev–Trinajstić information content (AvgIpc) is 2.84. The molecule has 3 heteroatoms. The van der Waals surface area contributed by atoms with Gasteiger partial charge >= 0.3 is 0 Å². The summed E-state index contributed by atoms with van der Waals surface area (Å²) in [5, 5.41) is 5.66. The van der Waals surface area contributed by atoms with E-state index in [1.807, 2.05) is 11.3 Å². The highest BCUT2D eigenvalue weighted by Gasteiger charge is 2.14. The molecule has 2 rings (SSSR count). The van der Waals surface area contributed by atoms with Crippen molar-refractivity contribution in [3.05, 3.63) is 22.4 Å². The molecule has 2 heterocycles. The Morgan fingerprint density at radius 1 is 1.41 bits per heavy atom. The van der Waals surface area contributed by atoms with E-state index < -0.39 is 0 Å². The minimum Gasteiger partial charge on any atom is -0.312 e. The Morgan fingerprint density at radius 2 is 2.24 bits per heavy atom. The number of likely N-dealkylation sites (tertiary alicyclic amines) is 1. The molecule has 1 saturated heterocycles. The van der Waals surface area contributed by atoms with Crippen LogP contribution in [0.1, 0.15) is 31.1 Å². The van der Waals surface area contributed by atoms with Gasteiger partial charge in [-0.3, -0.25) is 0 Å². The van der Waals surface area contributed by atoms with Gasteiger partial charge in [-0.05, 0) is 62.8 Å². The zero-order valence-corrected chi connectivity index (χ0v) is 11.6. The maximum Gasteiger partial charge on any atom is 0.0299 e. The van der Waals surface area contributed by atoms with Crippen LogP contribution >= 0.6 is 11.3 Å². The molecule has 0 radical (unpaired) electrons. The zero-order chi connectivity index (χ0) is 11.9. The van der Waals surface area contributed by atoms with Crippen LogP contribution in [0.2, 0.25) is 0 Å². The fourth-order valence-electron chi connectivity index (χ4n) is 2.34. The molecule has 0 atom stereocenters. The van der Waals surface area contributed by atoms with Gasteiger partial charge in [-0.1, -0.05) is 13.0 Å². The summed E-state index contributed by atoms with van der Waals surface area (Å²) in [7, 11) is 0. The summed E-state index contributed by atoms with van der Waals surface area (Å²) in [5.74, 6) is 0.947. The number of nitrogens with one attached hydrogen (secondary N) is 1. The minimum absolute atomic E-state index is 0.947. The van der Waals surface area contributed by atoms with Crippen molar-refractivity contribution >= 4 is 11.3 Å². The summed E-state index contributed by atoms with van der Waals surface area (Å²) < 4.78 is 0. The average molecular weight is 252 g/mol. The molecule has 0 spiro atoms. The summed E-state index contributed by atoms with van der Waals surface area (Å²) in [4.78, 5) is 4.06. The summed E-state index contributed by atoms with van der Waals surface area (Å²) in [6.07, 6.45) is 4.06. The molecule has 0 aromatic carbocycles. The van der Waals surface area contributed by atoms with Crippen LogP contribution in [0, 0.1) is 5.92 Å². The number of thiophene rings is 1. The van der Waals surface area contributed by atoms with Crippen LogP contribution in [0.15, 0.2) is 17.5 Å². The van der Waals surface area contributed by atoms with Gasteiger partial charge in [-0.25, -0.2) is 0 Å². The highest BCUT2D eigenvalue weighted by atomic mass is 32.1. The fraction of sp³-hybridized carbons (Fsp3) is 0.714. The number of hydrogen-bond acceptors (Lipinski definition) is 3. The lowest BCUT2D eigenvalue weighted by Crippen LogP contribution is -2.34. The van der Waals surface area contributed by atoms with Crippen molar-refractivity contribution in [2.45, 2.75) is 32.7 Å². The first-order chi connectivity index (χ1) is 8.34. The van der Waals surface area contributed by atoms with Gasteiger partial charge in [0, 0.05) is 11.4 Å². The highest BCUT2D eigenvalue weighted by molar-refractivity contribution is 7.09. The van der Waals surface area contributed by atoms with Crippen molar-refractivity contribution in [1.82, 2.24) is 10.2 Å². The Labute approximate surface area is 109 Å². The molecule has 1 N–H and O–H groups in total. The first-order valence-corrected chi connectivity index (χ1v) is 7.68. The first-order valence-electron chi connectivity index (χ1n) is 6.80. The molecular weight excluding hydrogens is 228 g/mol. The molecule has 0 amide bonds. The van der Waals surface area contributed by atoms with E-state index in [0.717, 1.165) is 19.0 Å². The Morgan fingerprint density at radius 3 is 2.94 bits per heavy atom. The van der Waals surface area contributed by atoms with E-state index in [9.17, 15) is 0 Å². The molecular formula is C14H24N2S. The van der Waals surface area contributed by atoms with Crippen LogP contribution in [0.5, 0.6) is 0 Å². The first kappa shape index (κ1) is 13.1. The predicted molar refractivity (Wildman–Crippen MR) is 75.5 cm³/mol. The highest BCUT2D eigenvalue weighted by Crippen LogP contribution is 2.15. The standard InChI is InChI=1S/C14H24N2S/c1-13-5-9-16(10-6-13)8-3-7-15-12-14-4-2-11-17-14/h2,4,11,13,15H,3,5-10,12H2,1H3. The second kappa shape index (κ2) is 7.14. The van der Waals surface area contributed by atoms with E-state index in [4.69, 9.17) is 0 Å². The second-order valence-corrected chi connectivity index (χ2v) is 6.17. The van der Waals surface area contributed by atoms with E-state index >= 15 is 0 Å². The van der Waals surface area contributed by atoms with E-state index in [0.29, 0.717) is 0 Å². The molecule has 1 aromatic rings. The molecule has 1 aliphatic rings. The molecule has 0 bridgehead atoms. The maximum atomic E-state index is 3.52. The molecule has 0 saturated carbocycles. The van der Waals surface area contributed by atoms with Crippen molar-refractivity contribution < 1.29 is 0 Å². The normalized spacial score (nSPS) is 18.6. The van der Waals surface area contributed by atoms with Crippen molar-refractivity contribution in [2.24, 2.45) is 5.92 Å². The number of rotatable bonds is 6. The predicted octanol–water partition coefficient (Wildman–Crippen LogP) is 2.96. The molecule has 2 nitrogen and oxygen atoms in total. The lowest BCUT2D eigenvalue weighted by Gasteiger charge is -2.30. The van der Waals surface area contributed by atoms with Crippen LogP contribution in [0.4, 0.5) is 0 Å². The van der Waals surface area contributed by atoms with Crippen molar-refractivity contribution in [3.63, 3.8) is 0 Å². The van der Waals surface area contributed by atoms with E-state index in [1.165, 1.54) is 43.8 Å². The van der Waals surface area contributed by atoms with Gasteiger partial charge in [-0.15, -0.1) is 11.3 Å². The second-order valence-electron chi connectivity index (χ2n) is 5.13. The molecule has 0 aliphatic carbocycles. The molecule has 1 aromatic heterocycles. The number of nitrogens with zero attached hydrogens (tertiary/aromatic N) is 1. The quantitative estimate of drug-likeness (QED) is 0.783. The van der Waals surface area contributed by atoms with Gasteiger partial charge in [0.05, 0.1) is 0 Å². The third-order valence-electron chi connectivity index (χ3n) is 3.58. The summed E-state index contributed by atoms with van der Waals surface area (Å²) in [6.45, 7) is 8.45. The Balaban J connectivity index is 1.49. The number of hydrogen-bond donors (Lipinski definition) is 1. The van der Waals surface area contributed by atoms with Gasteiger partial charge in [0.25, 0.3) is 0 Å². The molecule has 0 unspecified atom stereocenters. The lowest BCUT2D eigenvalue weighted by molar-refractivity contribution is 0.190. The lowest BCUT2D eigenvalue weighted by atomic mass is 9.99. The SMILES string of the molecule is CC1CCN(CCCNCc2cccs2)CC1. The molecule has 17 heavy (non-hydrogen) atoms. The van der Waals surface area contributed by atoms with Crippen LogP contribution in [-0.4, -0.2) is 31.1 Å². The zero-order valence-electron chi connectivity index (χ0n) is 10.8. The van der Waals surface area contributed by atoms with E-state index in [-0.39, 0.29) is 0 Å². The van der Waals surface area contributed by atoms with Gasteiger partial charge in [0.15, 0.2) is 0 Å². The van der Waals surface area contributed by atoms with Crippen LogP contribution < -0.4 is 5.32 Å². The van der Waals surface area contributed by atoms with Crippen molar-refractivity contribution in [1.29, 1.82) is 0 Å². The van der Waals surface area contributed by atoms with Gasteiger partial charge in [-0.2, -0.15) is 0 Å². The van der Waals surface area contributed by atoms with Crippen LogP contribution in [-0.2, 0) is 6.54 Å². The van der Waals surface area contributed by atoms with Crippen molar-refractivity contribution in [3.8, 4) is 0 Å². The van der Waals surface area contributed by atoms with Gasteiger partial charge in [0.1, 0.15) is 0 Å². The minimum atomic E-state index is 0.947. The fourth-order valence-corrected chi connectivity index (χ4v) is 3.01. The van der Waals surface area contributed by atoms with E-state index in [1.54, 1.807) is 0 Å². The Kier molecular flexibility index (Phi) is 5.49. The van der Waals surface area contributed by atoms with Crippen molar-refractivity contribution in [2.75, 3.05) is 26.2 Å². The van der Waals surface area contributed by atoms with Crippen LogP contribution in [0.25, 0.3) is 0 Å².